The summed E-state index contributed by atoms with van der Waals surface area (Å²) < 4.78 is 0. The van der Waals surface area contributed by atoms with E-state index in [4.69, 9.17) is 0 Å². The molecule has 1 unspecified atom stereocenters. The molecule has 0 aromatic rings. The van der Waals surface area contributed by atoms with Crippen molar-refractivity contribution in [2.75, 3.05) is 20.3 Å². The van der Waals surface area contributed by atoms with Gasteiger partial charge in [-0.1, -0.05) is 13.8 Å². The summed E-state index contributed by atoms with van der Waals surface area (Å²) in [6.45, 7) is 5.78. The second-order valence-corrected chi connectivity index (χ2v) is 4.55. The first-order valence-electron chi connectivity index (χ1n) is 4.90. The Labute approximate surface area is 80.3 Å². The van der Waals surface area contributed by atoms with E-state index in [2.05, 4.69) is 24.5 Å². The van der Waals surface area contributed by atoms with Crippen molar-refractivity contribution in [1.82, 2.24) is 10.6 Å². The van der Waals surface area contributed by atoms with Crippen molar-refractivity contribution in [3.63, 3.8) is 0 Å². The summed E-state index contributed by atoms with van der Waals surface area (Å²) in [5.74, 6) is 0. The van der Waals surface area contributed by atoms with Gasteiger partial charge in [-0.15, -0.1) is 0 Å². The maximum atomic E-state index is 11.0. The molecule has 1 fully saturated rings. The van der Waals surface area contributed by atoms with Crippen LogP contribution in [0.15, 0.2) is 0 Å². The summed E-state index contributed by atoms with van der Waals surface area (Å²) in [4.78, 5) is 11.0. The lowest BCUT2D eigenvalue weighted by Gasteiger charge is -2.30. The van der Waals surface area contributed by atoms with E-state index < -0.39 is 0 Å². The summed E-state index contributed by atoms with van der Waals surface area (Å²) >= 11 is 0. The van der Waals surface area contributed by atoms with E-state index in [1.165, 1.54) is 12.8 Å². The summed E-state index contributed by atoms with van der Waals surface area (Å²) in [7, 11) is 1.89. The molecule has 0 saturated heterocycles. The maximum absolute atomic E-state index is 11.0. The Balaban J connectivity index is 2.45. The highest BCUT2D eigenvalue weighted by Crippen LogP contribution is 2.57. The number of hydrogen-bond acceptors (Lipinski definition) is 3. The zero-order valence-corrected chi connectivity index (χ0v) is 8.81. The highest BCUT2D eigenvalue weighted by Gasteiger charge is 2.52. The highest BCUT2D eigenvalue weighted by molar-refractivity contribution is 5.61. The van der Waals surface area contributed by atoms with Gasteiger partial charge in [-0.25, -0.2) is 0 Å². The van der Waals surface area contributed by atoms with Crippen LogP contribution in [-0.4, -0.2) is 26.5 Å². The first-order chi connectivity index (χ1) is 6.08. The van der Waals surface area contributed by atoms with Crippen LogP contribution in [0.25, 0.3) is 0 Å². The van der Waals surface area contributed by atoms with Crippen molar-refractivity contribution >= 4 is 6.29 Å². The molecule has 3 nitrogen and oxygen atoms in total. The fourth-order valence-corrected chi connectivity index (χ4v) is 1.60. The summed E-state index contributed by atoms with van der Waals surface area (Å²) in [5, 5.41) is 6.24. The Morgan fingerprint density at radius 3 is 2.54 bits per heavy atom. The van der Waals surface area contributed by atoms with Gasteiger partial charge in [0.1, 0.15) is 6.29 Å². The van der Waals surface area contributed by atoms with Crippen LogP contribution in [0, 0.1) is 10.8 Å². The number of hydrogen-bond donors (Lipinski definition) is 2. The minimum Gasteiger partial charge on any atom is -0.308 e. The van der Waals surface area contributed by atoms with Gasteiger partial charge in [-0.2, -0.15) is 0 Å². The molecule has 0 amide bonds. The molecule has 1 aliphatic rings. The van der Waals surface area contributed by atoms with Crippen molar-refractivity contribution < 1.29 is 4.79 Å². The molecule has 3 heteroatoms. The van der Waals surface area contributed by atoms with E-state index in [-0.39, 0.29) is 10.8 Å². The van der Waals surface area contributed by atoms with Gasteiger partial charge in [0.2, 0.25) is 0 Å². The van der Waals surface area contributed by atoms with Gasteiger partial charge in [0, 0.05) is 18.6 Å². The number of aldehydes is 1. The van der Waals surface area contributed by atoms with E-state index in [1.807, 2.05) is 7.05 Å². The first-order valence-corrected chi connectivity index (χ1v) is 4.90. The second-order valence-electron chi connectivity index (χ2n) is 4.55. The topological polar surface area (TPSA) is 41.1 Å². The lowest BCUT2D eigenvalue weighted by Crippen LogP contribution is -2.42. The van der Waals surface area contributed by atoms with E-state index in [9.17, 15) is 4.79 Å². The predicted molar refractivity (Wildman–Crippen MR) is 53.4 cm³/mol. The van der Waals surface area contributed by atoms with Crippen molar-refractivity contribution in [1.29, 1.82) is 0 Å². The van der Waals surface area contributed by atoms with Gasteiger partial charge in [-0.3, -0.25) is 0 Å². The third kappa shape index (κ3) is 2.09. The van der Waals surface area contributed by atoms with Crippen molar-refractivity contribution in [2.24, 2.45) is 10.8 Å². The van der Waals surface area contributed by atoms with E-state index in [1.54, 1.807) is 0 Å². The van der Waals surface area contributed by atoms with Gasteiger partial charge in [0.15, 0.2) is 0 Å². The third-order valence-electron chi connectivity index (χ3n) is 3.43. The SMILES string of the molecule is CNCNCC(C)(C=O)C1(C)CC1. The molecular formula is C10H20N2O. The lowest BCUT2D eigenvalue weighted by molar-refractivity contribution is -0.118. The van der Waals surface area contributed by atoms with Crippen LogP contribution in [0.5, 0.6) is 0 Å². The van der Waals surface area contributed by atoms with Gasteiger partial charge in [0.25, 0.3) is 0 Å². The zero-order valence-electron chi connectivity index (χ0n) is 8.81. The molecule has 1 atom stereocenters. The van der Waals surface area contributed by atoms with Gasteiger partial charge < -0.3 is 15.4 Å². The Hall–Kier alpha value is -0.410. The normalized spacial score (nSPS) is 23.6. The summed E-state index contributed by atoms with van der Waals surface area (Å²) in [6, 6.07) is 0. The van der Waals surface area contributed by atoms with Crippen LogP contribution in [0.2, 0.25) is 0 Å². The Kier molecular flexibility index (Phi) is 3.09. The van der Waals surface area contributed by atoms with Crippen LogP contribution < -0.4 is 10.6 Å². The quantitative estimate of drug-likeness (QED) is 0.364. The largest absolute Gasteiger partial charge is 0.308 e. The summed E-state index contributed by atoms with van der Waals surface area (Å²) in [5.41, 5.74) is 0.0549. The molecule has 0 aromatic heterocycles. The van der Waals surface area contributed by atoms with Crippen LogP contribution in [0.3, 0.4) is 0 Å². The standard InChI is InChI=1S/C10H20N2O/c1-9(4-5-9)10(2,7-13)6-12-8-11-3/h7,11-12H,4-6,8H2,1-3H3. The molecule has 1 rings (SSSR count). The average molecular weight is 184 g/mol. The van der Waals surface area contributed by atoms with Crippen molar-refractivity contribution in [2.45, 2.75) is 26.7 Å². The van der Waals surface area contributed by atoms with Crippen molar-refractivity contribution in [3.8, 4) is 0 Å². The molecule has 1 aliphatic carbocycles. The molecule has 13 heavy (non-hydrogen) atoms. The van der Waals surface area contributed by atoms with Gasteiger partial charge in [-0.05, 0) is 25.3 Å². The van der Waals surface area contributed by atoms with Gasteiger partial charge in [0.05, 0.1) is 0 Å². The molecule has 0 bridgehead atoms. The number of carbonyl (C=O) groups excluding carboxylic acids is 1. The maximum Gasteiger partial charge on any atom is 0.127 e. The first kappa shape index (κ1) is 10.7. The Morgan fingerprint density at radius 2 is 2.15 bits per heavy atom. The fraction of sp³-hybridized carbons (Fsp3) is 0.900. The smallest absolute Gasteiger partial charge is 0.127 e. The van der Waals surface area contributed by atoms with Crippen LogP contribution >= 0.6 is 0 Å². The molecule has 0 aliphatic heterocycles. The van der Waals surface area contributed by atoms with E-state index in [0.29, 0.717) is 0 Å². The van der Waals surface area contributed by atoms with E-state index >= 15 is 0 Å². The van der Waals surface area contributed by atoms with Gasteiger partial charge >= 0.3 is 0 Å². The summed E-state index contributed by atoms with van der Waals surface area (Å²) in [6.07, 6.45) is 3.48. The molecule has 2 N–H and O–H groups in total. The van der Waals surface area contributed by atoms with Crippen molar-refractivity contribution in [3.05, 3.63) is 0 Å². The molecule has 0 spiro atoms. The zero-order chi connectivity index (χ0) is 9.95. The fourth-order valence-electron chi connectivity index (χ4n) is 1.60. The lowest BCUT2D eigenvalue weighted by atomic mass is 9.76. The minimum atomic E-state index is -0.191. The second kappa shape index (κ2) is 3.76. The molecule has 76 valence electrons. The number of carbonyl (C=O) groups is 1. The third-order valence-corrected chi connectivity index (χ3v) is 3.43. The van der Waals surface area contributed by atoms with Crippen LogP contribution in [0.4, 0.5) is 0 Å². The van der Waals surface area contributed by atoms with E-state index in [0.717, 1.165) is 19.5 Å². The average Bonchev–Trinajstić information content (AvgIpc) is 2.85. The number of rotatable bonds is 6. The predicted octanol–water partition coefficient (Wildman–Crippen LogP) is 0.758. The number of nitrogens with one attached hydrogen (secondary N) is 2. The molecule has 0 radical (unpaired) electrons. The Bertz CT molecular complexity index is 189. The molecular weight excluding hydrogens is 164 g/mol. The molecule has 1 saturated carbocycles. The molecule has 0 aromatic carbocycles. The molecule has 0 heterocycles. The Morgan fingerprint density at radius 1 is 1.54 bits per heavy atom. The highest BCUT2D eigenvalue weighted by atomic mass is 16.1. The van der Waals surface area contributed by atoms with Crippen LogP contribution in [-0.2, 0) is 4.79 Å². The minimum absolute atomic E-state index is 0.191. The monoisotopic (exact) mass is 184 g/mol. The van der Waals surface area contributed by atoms with Crippen LogP contribution in [0.1, 0.15) is 26.7 Å².